The molecule has 168 valence electrons. The number of hydrogen-bond acceptors (Lipinski definition) is 4. The Morgan fingerprint density at radius 2 is 1.97 bits per heavy atom. The summed E-state index contributed by atoms with van der Waals surface area (Å²) in [6.45, 7) is 0.859. The van der Waals surface area contributed by atoms with Crippen molar-refractivity contribution in [1.29, 1.82) is 0 Å². The van der Waals surface area contributed by atoms with Gasteiger partial charge >= 0.3 is 0 Å². The fraction of sp³-hybridized carbons (Fsp3) is 0.440. The molecule has 2 aliphatic rings. The highest BCUT2D eigenvalue weighted by Crippen LogP contribution is 2.40. The maximum Gasteiger partial charge on any atom is 0.255 e. The predicted molar refractivity (Wildman–Crippen MR) is 122 cm³/mol. The summed E-state index contributed by atoms with van der Waals surface area (Å²) in [5.74, 6) is 0.371. The first-order valence-electron chi connectivity index (χ1n) is 11.5. The summed E-state index contributed by atoms with van der Waals surface area (Å²) in [4.78, 5) is 15.3. The molecule has 1 saturated carbocycles. The summed E-state index contributed by atoms with van der Waals surface area (Å²) in [6.07, 6.45) is 11.1. The highest BCUT2D eigenvalue weighted by atomic mass is 19.1. The van der Waals surface area contributed by atoms with Gasteiger partial charge in [0.1, 0.15) is 11.6 Å². The van der Waals surface area contributed by atoms with Gasteiger partial charge in [0.05, 0.1) is 30.4 Å². The average Bonchev–Trinajstić information content (AvgIpc) is 3.46. The van der Waals surface area contributed by atoms with Crippen LogP contribution in [0.4, 0.5) is 10.1 Å². The maximum absolute atomic E-state index is 14.0. The van der Waals surface area contributed by atoms with Crippen molar-refractivity contribution >= 4 is 17.1 Å². The number of hydrogen-bond donors (Lipinski definition) is 1. The Balaban J connectivity index is 1.45. The van der Waals surface area contributed by atoms with E-state index in [0.29, 0.717) is 11.3 Å². The van der Waals surface area contributed by atoms with Crippen LogP contribution in [0.2, 0.25) is 0 Å². The van der Waals surface area contributed by atoms with Gasteiger partial charge in [-0.25, -0.2) is 8.91 Å². The van der Waals surface area contributed by atoms with Gasteiger partial charge in [-0.15, -0.1) is 0 Å². The van der Waals surface area contributed by atoms with Crippen molar-refractivity contribution in [3.63, 3.8) is 0 Å². The fourth-order valence-electron chi connectivity index (χ4n) is 5.20. The van der Waals surface area contributed by atoms with E-state index >= 15 is 0 Å². The van der Waals surface area contributed by atoms with Gasteiger partial charge in [-0.05, 0) is 56.0 Å². The van der Waals surface area contributed by atoms with Crippen LogP contribution in [0.25, 0.3) is 5.52 Å². The van der Waals surface area contributed by atoms with Crippen molar-refractivity contribution in [3.05, 3.63) is 59.7 Å². The molecule has 1 N–H and O–H groups in total. The molecule has 32 heavy (non-hydrogen) atoms. The van der Waals surface area contributed by atoms with E-state index in [2.05, 4.69) is 15.3 Å². The Labute approximate surface area is 187 Å². The molecular weight excluding hydrogens is 407 g/mol. The molecule has 3 aromatic rings. The van der Waals surface area contributed by atoms with Crippen LogP contribution in [0.1, 0.15) is 66.9 Å². The Bertz CT molecular complexity index is 1120. The third-order valence-electron chi connectivity index (χ3n) is 6.83. The van der Waals surface area contributed by atoms with Gasteiger partial charge in [-0.1, -0.05) is 19.3 Å². The van der Waals surface area contributed by atoms with Crippen LogP contribution >= 0.6 is 0 Å². The van der Waals surface area contributed by atoms with Gasteiger partial charge in [0.15, 0.2) is 0 Å². The zero-order valence-electron chi connectivity index (χ0n) is 18.4. The molecule has 5 rings (SSSR count). The smallest absolute Gasteiger partial charge is 0.255 e. The summed E-state index contributed by atoms with van der Waals surface area (Å²) >= 11 is 0. The first-order chi connectivity index (χ1) is 15.6. The molecule has 0 spiro atoms. The summed E-state index contributed by atoms with van der Waals surface area (Å²) in [6, 6.07) is 8.98. The zero-order chi connectivity index (χ0) is 22.1. The Morgan fingerprint density at radius 3 is 2.78 bits per heavy atom. The Morgan fingerprint density at radius 1 is 1.12 bits per heavy atom. The minimum Gasteiger partial charge on any atom is -0.496 e. The van der Waals surface area contributed by atoms with Crippen LogP contribution < -0.4 is 15.0 Å². The van der Waals surface area contributed by atoms with Gasteiger partial charge in [-0.3, -0.25) is 4.79 Å². The third-order valence-corrected chi connectivity index (χ3v) is 6.83. The van der Waals surface area contributed by atoms with E-state index in [1.807, 2.05) is 18.3 Å². The SMILES string of the molecule is COc1ccc(F)cc1[C@H]1CCCN1c1ccn2ncc(C(=O)NC3CCCCC3)c2c1. The number of anilines is 1. The Kier molecular flexibility index (Phi) is 5.72. The quantitative estimate of drug-likeness (QED) is 0.619. The lowest BCUT2D eigenvalue weighted by Crippen LogP contribution is -2.36. The number of amides is 1. The Hall–Kier alpha value is -3.09. The van der Waals surface area contributed by atoms with Crippen molar-refractivity contribution in [2.45, 2.75) is 57.0 Å². The largest absolute Gasteiger partial charge is 0.496 e. The van der Waals surface area contributed by atoms with Crippen LogP contribution in [0.3, 0.4) is 0 Å². The third kappa shape index (κ3) is 3.92. The zero-order valence-corrected chi connectivity index (χ0v) is 18.4. The second-order valence-electron chi connectivity index (χ2n) is 8.82. The standard InChI is InChI=1S/C25H29FN4O2/c1-32-24-10-9-17(26)14-20(24)22-8-5-12-29(22)19-11-13-30-23(15-19)21(16-27-30)25(31)28-18-6-3-2-4-7-18/h9-11,13-16,18,22H,2-8,12H2,1H3,(H,28,31)/t22-/m1/s1. The number of ether oxygens (including phenoxy) is 1. The number of pyridine rings is 1. The van der Waals surface area contributed by atoms with Gasteiger partial charge in [-0.2, -0.15) is 5.10 Å². The van der Waals surface area contributed by atoms with Crippen molar-refractivity contribution in [2.24, 2.45) is 0 Å². The number of fused-ring (bicyclic) bond motifs is 1. The second kappa shape index (κ2) is 8.81. The van der Waals surface area contributed by atoms with E-state index in [0.717, 1.165) is 49.0 Å². The predicted octanol–water partition coefficient (Wildman–Crippen LogP) is 4.89. The first kappa shape index (κ1) is 20.8. The topological polar surface area (TPSA) is 58.9 Å². The summed E-state index contributed by atoms with van der Waals surface area (Å²) in [7, 11) is 1.62. The van der Waals surface area contributed by atoms with E-state index in [4.69, 9.17) is 4.74 Å². The van der Waals surface area contributed by atoms with Crippen molar-refractivity contribution in [1.82, 2.24) is 14.9 Å². The van der Waals surface area contributed by atoms with Crippen molar-refractivity contribution in [3.8, 4) is 5.75 Å². The van der Waals surface area contributed by atoms with E-state index in [1.54, 1.807) is 30.0 Å². The molecule has 0 radical (unpaired) electrons. The maximum atomic E-state index is 14.0. The van der Waals surface area contributed by atoms with Crippen LogP contribution in [-0.2, 0) is 0 Å². The van der Waals surface area contributed by atoms with E-state index in [-0.39, 0.29) is 23.8 Å². The highest BCUT2D eigenvalue weighted by molar-refractivity contribution is 6.01. The molecule has 2 fully saturated rings. The van der Waals surface area contributed by atoms with Gasteiger partial charge in [0, 0.05) is 30.0 Å². The van der Waals surface area contributed by atoms with Crippen LogP contribution in [0.5, 0.6) is 5.75 Å². The van der Waals surface area contributed by atoms with E-state index < -0.39 is 0 Å². The van der Waals surface area contributed by atoms with Crippen molar-refractivity contribution in [2.75, 3.05) is 18.6 Å². The average molecular weight is 437 g/mol. The molecule has 1 aliphatic heterocycles. The normalized spacial score (nSPS) is 19.4. The molecule has 2 aromatic heterocycles. The lowest BCUT2D eigenvalue weighted by molar-refractivity contribution is 0.0929. The van der Waals surface area contributed by atoms with Gasteiger partial charge in [0.2, 0.25) is 0 Å². The number of halogens is 1. The van der Waals surface area contributed by atoms with Crippen LogP contribution in [-0.4, -0.2) is 35.2 Å². The monoisotopic (exact) mass is 436 g/mol. The van der Waals surface area contributed by atoms with E-state index in [1.165, 1.54) is 25.3 Å². The molecule has 0 unspecified atom stereocenters. The number of benzene rings is 1. The molecule has 1 saturated heterocycles. The number of carbonyl (C=O) groups excluding carboxylic acids is 1. The molecule has 1 aromatic carbocycles. The minimum absolute atomic E-state index is 0.0190. The number of nitrogens with one attached hydrogen (secondary N) is 1. The lowest BCUT2D eigenvalue weighted by atomic mass is 9.95. The lowest BCUT2D eigenvalue weighted by Gasteiger charge is -2.28. The number of nitrogens with zero attached hydrogens (tertiary/aromatic N) is 3. The van der Waals surface area contributed by atoms with E-state index in [9.17, 15) is 9.18 Å². The second-order valence-corrected chi connectivity index (χ2v) is 8.82. The summed E-state index contributed by atoms with van der Waals surface area (Å²) in [5.41, 5.74) is 3.23. The fourth-order valence-corrected chi connectivity index (χ4v) is 5.20. The highest BCUT2D eigenvalue weighted by Gasteiger charge is 2.29. The molecule has 3 heterocycles. The van der Waals surface area contributed by atoms with Crippen LogP contribution in [0, 0.1) is 5.82 Å². The minimum atomic E-state index is -0.263. The molecule has 7 heteroatoms. The van der Waals surface area contributed by atoms with Gasteiger partial charge < -0.3 is 15.0 Å². The molecular formula is C25H29FN4O2. The molecule has 1 amide bonds. The number of methoxy groups -OCH3 is 1. The molecule has 1 aliphatic carbocycles. The molecule has 0 bridgehead atoms. The first-order valence-corrected chi connectivity index (χ1v) is 11.5. The number of aromatic nitrogens is 2. The summed E-state index contributed by atoms with van der Waals surface area (Å²) in [5, 5.41) is 7.58. The summed E-state index contributed by atoms with van der Waals surface area (Å²) < 4.78 is 21.3. The number of rotatable bonds is 5. The van der Waals surface area contributed by atoms with Gasteiger partial charge in [0.25, 0.3) is 5.91 Å². The number of carbonyl (C=O) groups is 1. The molecule has 1 atom stereocenters. The van der Waals surface area contributed by atoms with Crippen molar-refractivity contribution < 1.29 is 13.9 Å². The molecule has 6 nitrogen and oxygen atoms in total. The van der Waals surface area contributed by atoms with Crippen LogP contribution in [0.15, 0.2) is 42.7 Å².